The van der Waals surface area contributed by atoms with E-state index in [1.807, 2.05) is 0 Å². The minimum atomic E-state index is 0.386. The normalized spacial score (nSPS) is 42.2. The van der Waals surface area contributed by atoms with E-state index in [2.05, 4.69) is 23.9 Å². The van der Waals surface area contributed by atoms with Crippen molar-refractivity contribution in [2.75, 3.05) is 46.9 Å². The zero-order valence-corrected chi connectivity index (χ0v) is 8.61. The Labute approximate surface area is 80.3 Å². The molecule has 76 valence electrons. The van der Waals surface area contributed by atoms with Crippen molar-refractivity contribution in [3.8, 4) is 0 Å². The number of hydrogen-bond acceptors (Lipinski definition) is 3. The van der Waals surface area contributed by atoms with E-state index in [0.717, 1.165) is 26.2 Å². The maximum Gasteiger partial charge on any atom is 0.0466 e. The van der Waals surface area contributed by atoms with Crippen molar-refractivity contribution < 1.29 is 5.11 Å². The molecule has 0 radical (unpaired) electrons. The third-order valence-corrected chi connectivity index (χ3v) is 3.61. The number of likely N-dealkylation sites (tertiary alicyclic amines) is 2. The lowest BCUT2D eigenvalue weighted by Gasteiger charge is -2.48. The smallest absolute Gasteiger partial charge is 0.0466 e. The first-order valence-corrected chi connectivity index (χ1v) is 5.18. The fourth-order valence-corrected chi connectivity index (χ4v) is 3.09. The van der Waals surface area contributed by atoms with E-state index < -0.39 is 0 Å². The molecule has 2 heterocycles. The van der Waals surface area contributed by atoms with Crippen LogP contribution in [0.2, 0.25) is 0 Å². The predicted molar refractivity (Wildman–Crippen MR) is 52.5 cm³/mol. The molecule has 0 aromatic heterocycles. The summed E-state index contributed by atoms with van der Waals surface area (Å²) in [5, 5.41) is 9.33. The molecule has 0 unspecified atom stereocenters. The highest BCUT2D eigenvalue weighted by molar-refractivity contribution is 4.91. The molecule has 13 heavy (non-hydrogen) atoms. The zero-order chi connectivity index (χ0) is 9.42. The van der Waals surface area contributed by atoms with E-state index in [9.17, 15) is 5.11 Å². The number of aliphatic hydroxyl groups excluding tert-OH is 1. The molecule has 2 aliphatic rings. The number of hydrogen-bond donors (Lipinski definition) is 1. The molecule has 2 rings (SSSR count). The van der Waals surface area contributed by atoms with Gasteiger partial charge in [0.25, 0.3) is 0 Å². The lowest BCUT2D eigenvalue weighted by molar-refractivity contribution is -0.0271. The molecule has 2 fully saturated rings. The highest BCUT2D eigenvalue weighted by Gasteiger charge is 2.39. The first-order chi connectivity index (χ1) is 6.20. The van der Waals surface area contributed by atoms with Gasteiger partial charge in [-0.25, -0.2) is 0 Å². The van der Waals surface area contributed by atoms with E-state index in [1.165, 1.54) is 0 Å². The maximum absolute atomic E-state index is 9.33. The van der Waals surface area contributed by atoms with Gasteiger partial charge in [-0.2, -0.15) is 0 Å². The molecule has 3 nitrogen and oxygen atoms in total. The molecule has 0 amide bonds. The van der Waals surface area contributed by atoms with Gasteiger partial charge in [-0.05, 0) is 31.8 Å². The summed E-state index contributed by atoms with van der Waals surface area (Å²) in [6.45, 7) is 5.02. The van der Waals surface area contributed by atoms with E-state index in [0.29, 0.717) is 24.4 Å². The van der Waals surface area contributed by atoms with Crippen molar-refractivity contribution in [1.82, 2.24) is 9.80 Å². The van der Waals surface area contributed by atoms with Crippen LogP contribution >= 0.6 is 0 Å². The summed E-state index contributed by atoms with van der Waals surface area (Å²) in [7, 11) is 4.39. The van der Waals surface area contributed by atoms with Crippen LogP contribution in [0, 0.1) is 17.8 Å². The summed E-state index contributed by atoms with van der Waals surface area (Å²) in [5.41, 5.74) is 0. The molecule has 0 aromatic carbocycles. The fourth-order valence-electron chi connectivity index (χ4n) is 3.09. The van der Waals surface area contributed by atoms with Crippen molar-refractivity contribution in [1.29, 1.82) is 0 Å². The van der Waals surface area contributed by atoms with Crippen LogP contribution in [0.3, 0.4) is 0 Å². The van der Waals surface area contributed by atoms with Gasteiger partial charge in [0.2, 0.25) is 0 Å². The van der Waals surface area contributed by atoms with Gasteiger partial charge in [0.05, 0.1) is 0 Å². The van der Waals surface area contributed by atoms with E-state index in [1.54, 1.807) is 0 Å². The zero-order valence-electron chi connectivity index (χ0n) is 8.61. The SMILES string of the molecule is CN1CC2CN(C)CC(C1)C2CO. The van der Waals surface area contributed by atoms with Crippen LogP contribution in [-0.2, 0) is 0 Å². The van der Waals surface area contributed by atoms with Gasteiger partial charge in [0, 0.05) is 32.8 Å². The van der Waals surface area contributed by atoms with Crippen molar-refractivity contribution in [2.24, 2.45) is 17.8 Å². The van der Waals surface area contributed by atoms with Gasteiger partial charge in [-0.3, -0.25) is 0 Å². The number of fused-ring (bicyclic) bond motifs is 2. The third-order valence-electron chi connectivity index (χ3n) is 3.61. The number of aliphatic hydroxyl groups is 1. The van der Waals surface area contributed by atoms with E-state index in [4.69, 9.17) is 0 Å². The maximum atomic E-state index is 9.33. The second kappa shape index (κ2) is 3.56. The van der Waals surface area contributed by atoms with Gasteiger partial charge in [0.15, 0.2) is 0 Å². The third kappa shape index (κ3) is 1.73. The molecule has 0 aromatic rings. The molecular weight excluding hydrogens is 164 g/mol. The Morgan fingerprint density at radius 1 is 1.00 bits per heavy atom. The van der Waals surface area contributed by atoms with Crippen LogP contribution in [0.1, 0.15) is 0 Å². The Bertz CT molecular complexity index is 156. The standard InChI is InChI=1S/C10H20N2O/c1-11-3-8-5-12(2)6-9(4-11)10(8)7-13/h8-10,13H,3-7H2,1-2H3. The number of nitrogens with zero attached hydrogens (tertiary/aromatic N) is 2. The summed E-state index contributed by atoms with van der Waals surface area (Å²) >= 11 is 0. The van der Waals surface area contributed by atoms with Gasteiger partial charge < -0.3 is 14.9 Å². The Hall–Kier alpha value is -0.120. The van der Waals surface area contributed by atoms with Crippen LogP contribution in [0.25, 0.3) is 0 Å². The lowest BCUT2D eigenvalue weighted by Crippen LogP contribution is -2.56. The van der Waals surface area contributed by atoms with Crippen molar-refractivity contribution in [2.45, 2.75) is 0 Å². The summed E-state index contributed by atoms with van der Waals surface area (Å²) in [6, 6.07) is 0. The minimum absolute atomic E-state index is 0.386. The minimum Gasteiger partial charge on any atom is -0.396 e. The predicted octanol–water partition coefficient (Wildman–Crippen LogP) is -0.282. The highest BCUT2D eigenvalue weighted by atomic mass is 16.3. The Morgan fingerprint density at radius 3 is 1.69 bits per heavy atom. The first kappa shape index (κ1) is 9.44. The van der Waals surface area contributed by atoms with Gasteiger partial charge >= 0.3 is 0 Å². The summed E-state index contributed by atoms with van der Waals surface area (Å²) in [6.07, 6.45) is 0. The van der Waals surface area contributed by atoms with Crippen molar-refractivity contribution >= 4 is 0 Å². The molecule has 0 saturated carbocycles. The molecule has 0 aliphatic carbocycles. The van der Waals surface area contributed by atoms with Crippen LogP contribution in [0.15, 0.2) is 0 Å². The van der Waals surface area contributed by atoms with Crippen LogP contribution in [-0.4, -0.2) is 61.8 Å². The average Bonchev–Trinajstić information content (AvgIpc) is 2.01. The largest absolute Gasteiger partial charge is 0.396 e. The quantitative estimate of drug-likeness (QED) is 0.607. The summed E-state index contributed by atoms with van der Waals surface area (Å²) < 4.78 is 0. The van der Waals surface area contributed by atoms with Gasteiger partial charge in [-0.1, -0.05) is 0 Å². The lowest BCUT2D eigenvalue weighted by atomic mass is 9.75. The second-order valence-electron chi connectivity index (χ2n) is 4.81. The molecular formula is C10H20N2O. The summed E-state index contributed by atoms with van der Waals surface area (Å²) in [5.74, 6) is 1.94. The average molecular weight is 184 g/mol. The van der Waals surface area contributed by atoms with Gasteiger partial charge in [0.1, 0.15) is 0 Å². The Morgan fingerprint density at radius 2 is 1.38 bits per heavy atom. The second-order valence-corrected chi connectivity index (χ2v) is 4.81. The Balaban J connectivity index is 2.09. The van der Waals surface area contributed by atoms with Crippen LogP contribution in [0.4, 0.5) is 0 Å². The van der Waals surface area contributed by atoms with Crippen LogP contribution in [0.5, 0.6) is 0 Å². The molecule has 1 N–H and O–H groups in total. The van der Waals surface area contributed by atoms with E-state index in [-0.39, 0.29) is 0 Å². The molecule has 0 spiro atoms. The highest BCUT2D eigenvalue weighted by Crippen LogP contribution is 2.32. The molecule has 3 heteroatoms. The monoisotopic (exact) mass is 184 g/mol. The molecule has 0 atom stereocenters. The van der Waals surface area contributed by atoms with Crippen molar-refractivity contribution in [3.63, 3.8) is 0 Å². The number of rotatable bonds is 1. The first-order valence-electron chi connectivity index (χ1n) is 5.18. The van der Waals surface area contributed by atoms with E-state index >= 15 is 0 Å². The molecule has 2 bridgehead atoms. The molecule has 2 saturated heterocycles. The topological polar surface area (TPSA) is 26.7 Å². The fraction of sp³-hybridized carbons (Fsp3) is 1.00. The summed E-state index contributed by atoms with van der Waals surface area (Å²) in [4.78, 5) is 4.82. The Kier molecular flexibility index (Phi) is 2.58. The van der Waals surface area contributed by atoms with Gasteiger partial charge in [-0.15, -0.1) is 0 Å². The van der Waals surface area contributed by atoms with Crippen LogP contribution < -0.4 is 0 Å². The van der Waals surface area contributed by atoms with Crippen molar-refractivity contribution in [3.05, 3.63) is 0 Å². The molecule has 2 aliphatic heterocycles. The number of piperidine rings is 2.